The zero-order chi connectivity index (χ0) is 21.6. The second kappa shape index (κ2) is 7.79. The fraction of sp³-hybridized carbons (Fsp3) is 0.478. The van der Waals surface area contributed by atoms with E-state index in [1.165, 1.54) is 11.9 Å². The summed E-state index contributed by atoms with van der Waals surface area (Å²) < 4.78 is 1.08. The lowest BCUT2D eigenvalue weighted by atomic mass is 9.95. The molecule has 1 aromatic carbocycles. The number of carbonyl (C=O) groups is 1. The topological polar surface area (TPSA) is 85.2 Å². The van der Waals surface area contributed by atoms with Crippen LogP contribution in [0.3, 0.4) is 0 Å². The second-order valence-corrected chi connectivity index (χ2v) is 9.94. The molecule has 31 heavy (non-hydrogen) atoms. The van der Waals surface area contributed by atoms with Crippen LogP contribution in [-0.4, -0.2) is 52.5 Å². The number of anilines is 1. The molecule has 1 aromatic heterocycles. The van der Waals surface area contributed by atoms with E-state index in [0.717, 1.165) is 48.9 Å². The van der Waals surface area contributed by atoms with Crippen molar-refractivity contribution in [3.05, 3.63) is 52.4 Å². The number of fused-ring (bicyclic) bond motifs is 2. The molecule has 1 saturated carbocycles. The Morgan fingerprint density at radius 2 is 2.10 bits per heavy atom. The summed E-state index contributed by atoms with van der Waals surface area (Å²) >= 11 is 3.51. The van der Waals surface area contributed by atoms with Gasteiger partial charge in [-0.15, -0.1) is 0 Å². The Labute approximate surface area is 190 Å². The van der Waals surface area contributed by atoms with Crippen LogP contribution in [0.25, 0.3) is 0 Å². The van der Waals surface area contributed by atoms with Crippen molar-refractivity contribution >= 4 is 27.7 Å². The molecule has 1 N–H and O–H groups in total. The number of benzene rings is 1. The number of aromatic nitrogens is 2. The Bertz CT molecular complexity index is 1030. The molecule has 3 atom stereocenters. The van der Waals surface area contributed by atoms with Gasteiger partial charge in [-0.1, -0.05) is 28.1 Å². The van der Waals surface area contributed by atoms with Crippen molar-refractivity contribution in [3.8, 4) is 6.19 Å². The Morgan fingerprint density at radius 1 is 1.32 bits per heavy atom. The Morgan fingerprint density at radius 3 is 2.77 bits per heavy atom. The SMILES string of the molecule is CN(CC1(c2ccc(Br)cc2)CC1)c1cc(C(=O)N[C@@H]2C[C@@H]3CC[C@H]2N3C#N)ncn1. The van der Waals surface area contributed by atoms with Crippen LogP contribution in [0.5, 0.6) is 0 Å². The minimum absolute atomic E-state index is 0.00850. The summed E-state index contributed by atoms with van der Waals surface area (Å²) in [6.45, 7) is 0.843. The van der Waals surface area contributed by atoms with E-state index in [-0.39, 0.29) is 29.4 Å². The average Bonchev–Trinajstić information content (AvgIpc) is 3.34. The van der Waals surface area contributed by atoms with Gasteiger partial charge in [0.1, 0.15) is 17.8 Å². The summed E-state index contributed by atoms with van der Waals surface area (Å²) in [6, 6.07) is 10.7. The van der Waals surface area contributed by atoms with Gasteiger partial charge in [0.25, 0.3) is 5.91 Å². The molecule has 2 saturated heterocycles. The number of rotatable bonds is 6. The molecule has 8 heteroatoms. The molecule has 3 heterocycles. The van der Waals surface area contributed by atoms with Gasteiger partial charge in [0.05, 0.1) is 12.1 Å². The molecule has 7 nitrogen and oxygen atoms in total. The largest absolute Gasteiger partial charge is 0.359 e. The maximum Gasteiger partial charge on any atom is 0.270 e. The van der Waals surface area contributed by atoms with Crippen LogP contribution in [0, 0.1) is 11.5 Å². The third kappa shape index (κ3) is 3.76. The van der Waals surface area contributed by atoms with Crippen molar-refractivity contribution in [2.75, 3.05) is 18.5 Å². The van der Waals surface area contributed by atoms with Crippen LogP contribution in [0.2, 0.25) is 0 Å². The smallest absolute Gasteiger partial charge is 0.270 e. The summed E-state index contributed by atoms with van der Waals surface area (Å²) in [5.41, 5.74) is 1.86. The lowest BCUT2D eigenvalue weighted by molar-refractivity contribution is 0.0923. The Hall–Kier alpha value is -2.66. The van der Waals surface area contributed by atoms with E-state index in [2.05, 4.69) is 66.6 Å². The van der Waals surface area contributed by atoms with E-state index in [0.29, 0.717) is 5.69 Å². The molecule has 1 aliphatic carbocycles. The number of nitrogens with zero attached hydrogens (tertiary/aromatic N) is 5. The van der Waals surface area contributed by atoms with Gasteiger partial charge in [-0.25, -0.2) is 9.97 Å². The van der Waals surface area contributed by atoms with E-state index in [1.807, 2.05) is 11.9 Å². The minimum atomic E-state index is -0.193. The highest BCUT2D eigenvalue weighted by molar-refractivity contribution is 9.10. The Kier molecular flexibility index (Phi) is 5.09. The van der Waals surface area contributed by atoms with E-state index in [4.69, 9.17) is 0 Å². The highest BCUT2D eigenvalue weighted by atomic mass is 79.9. The first-order chi connectivity index (χ1) is 15.0. The first-order valence-electron chi connectivity index (χ1n) is 10.8. The third-order valence-electron chi connectivity index (χ3n) is 7.10. The third-order valence-corrected chi connectivity index (χ3v) is 7.62. The van der Waals surface area contributed by atoms with Gasteiger partial charge in [-0.3, -0.25) is 4.79 Å². The quantitative estimate of drug-likeness (QED) is 0.638. The molecule has 0 unspecified atom stereocenters. The van der Waals surface area contributed by atoms with E-state index >= 15 is 0 Å². The number of halogens is 1. The van der Waals surface area contributed by atoms with E-state index in [1.54, 1.807) is 6.07 Å². The van der Waals surface area contributed by atoms with Crippen LogP contribution in [0.1, 0.15) is 48.2 Å². The summed E-state index contributed by atoms with van der Waals surface area (Å²) in [5, 5.41) is 12.4. The van der Waals surface area contributed by atoms with Gasteiger partial charge >= 0.3 is 0 Å². The highest BCUT2D eigenvalue weighted by Gasteiger charge is 2.47. The van der Waals surface area contributed by atoms with Gasteiger partial charge < -0.3 is 15.1 Å². The lowest BCUT2D eigenvalue weighted by Crippen LogP contribution is -2.43. The van der Waals surface area contributed by atoms with Crippen molar-refractivity contribution in [2.45, 2.75) is 55.6 Å². The molecular formula is C23H25BrN6O. The van der Waals surface area contributed by atoms with E-state index < -0.39 is 0 Å². The monoisotopic (exact) mass is 480 g/mol. The van der Waals surface area contributed by atoms with Crippen molar-refractivity contribution < 1.29 is 4.79 Å². The number of amides is 1. The predicted molar refractivity (Wildman–Crippen MR) is 120 cm³/mol. The molecule has 0 radical (unpaired) electrons. The van der Waals surface area contributed by atoms with Crippen LogP contribution in [-0.2, 0) is 5.41 Å². The number of nitriles is 1. The standard InChI is InChI=1S/C23H25BrN6O/c1-29(12-23(8-9-23)15-2-4-16(24)5-3-15)21-11-19(26-14-27-21)22(31)28-18-10-17-6-7-20(18)30(17)13-25/h2-5,11,14,17-18,20H,6-10,12H2,1H3,(H,28,31)/t17-,18+,20+/m0/s1. The van der Waals surface area contributed by atoms with Gasteiger partial charge in [0.15, 0.2) is 6.19 Å². The highest BCUT2D eigenvalue weighted by Crippen LogP contribution is 2.49. The molecule has 160 valence electrons. The number of hydrogen-bond donors (Lipinski definition) is 1. The summed E-state index contributed by atoms with van der Waals surface area (Å²) in [6.07, 6.45) is 8.87. The molecule has 3 fully saturated rings. The summed E-state index contributed by atoms with van der Waals surface area (Å²) in [7, 11) is 2.02. The number of hydrogen-bond acceptors (Lipinski definition) is 6. The average molecular weight is 481 g/mol. The molecule has 2 aliphatic heterocycles. The van der Waals surface area contributed by atoms with Crippen molar-refractivity contribution in [3.63, 3.8) is 0 Å². The predicted octanol–water partition coefficient (Wildman–Crippen LogP) is 3.22. The first kappa shape index (κ1) is 20.3. The zero-order valence-corrected chi connectivity index (χ0v) is 19.0. The first-order valence-corrected chi connectivity index (χ1v) is 11.6. The number of nitrogens with one attached hydrogen (secondary N) is 1. The van der Waals surface area contributed by atoms with Gasteiger partial charge in [-0.05, 0) is 49.8 Å². The summed E-state index contributed by atoms with van der Waals surface area (Å²) in [5.74, 6) is 0.552. The number of likely N-dealkylation sites (N-methyl/N-ethyl adjacent to an activating group) is 1. The molecule has 1 amide bonds. The minimum Gasteiger partial charge on any atom is -0.359 e. The van der Waals surface area contributed by atoms with Gasteiger partial charge in [0, 0.05) is 35.6 Å². The molecular weight excluding hydrogens is 456 g/mol. The lowest BCUT2D eigenvalue weighted by Gasteiger charge is -2.25. The van der Waals surface area contributed by atoms with Crippen molar-refractivity contribution in [1.82, 2.24) is 20.2 Å². The molecule has 2 aromatic rings. The fourth-order valence-corrected chi connectivity index (χ4v) is 5.51. The van der Waals surface area contributed by atoms with E-state index in [9.17, 15) is 10.1 Å². The molecule has 3 aliphatic rings. The molecule has 2 bridgehead atoms. The van der Waals surface area contributed by atoms with Crippen LogP contribution < -0.4 is 10.2 Å². The van der Waals surface area contributed by atoms with Crippen LogP contribution in [0.15, 0.2) is 41.1 Å². The number of carbonyl (C=O) groups excluding carboxylic acids is 1. The zero-order valence-electron chi connectivity index (χ0n) is 17.5. The molecule has 5 rings (SSSR count). The molecule has 0 spiro atoms. The van der Waals surface area contributed by atoms with Crippen molar-refractivity contribution in [1.29, 1.82) is 5.26 Å². The van der Waals surface area contributed by atoms with Crippen molar-refractivity contribution in [2.24, 2.45) is 0 Å². The summed E-state index contributed by atoms with van der Waals surface area (Å²) in [4.78, 5) is 25.5. The fourth-order valence-electron chi connectivity index (χ4n) is 5.25. The van der Waals surface area contributed by atoms with Crippen LogP contribution >= 0.6 is 15.9 Å². The maximum atomic E-state index is 12.9. The van der Waals surface area contributed by atoms with Gasteiger partial charge in [0.2, 0.25) is 0 Å². The second-order valence-electron chi connectivity index (χ2n) is 9.03. The van der Waals surface area contributed by atoms with Gasteiger partial charge in [-0.2, -0.15) is 5.26 Å². The Balaban J connectivity index is 1.26. The maximum absolute atomic E-state index is 12.9. The van der Waals surface area contributed by atoms with Crippen LogP contribution in [0.4, 0.5) is 5.82 Å². The normalized spacial score (nSPS) is 25.2.